The van der Waals surface area contributed by atoms with Crippen molar-refractivity contribution in [2.45, 2.75) is 94.2 Å². The average molecular weight is 873 g/mol. The van der Waals surface area contributed by atoms with E-state index in [0.717, 1.165) is 36.1 Å². The van der Waals surface area contributed by atoms with Gasteiger partial charge in [0.05, 0.1) is 37.3 Å². The number of methoxy groups -OCH3 is 1. The van der Waals surface area contributed by atoms with Crippen LogP contribution < -0.4 is 29.7 Å². The molecule has 0 bridgehead atoms. The lowest BCUT2D eigenvalue weighted by molar-refractivity contribution is -0.142. The lowest BCUT2D eigenvalue weighted by atomic mass is 9.88. The van der Waals surface area contributed by atoms with Crippen LogP contribution in [0, 0.1) is 17.8 Å². The molecular weight excluding hydrogens is 817 g/mol. The summed E-state index contributed by atoms with van der Waals surface area (Å²) in [6.07, 6.45) is 4.51. The number of allylic oxidation sites excluding steroid dienone is 1. The summed E-state index contributed by atoms with van der Waals surface area (Å²) in [6, 6.07) is 13.2. The normalized spacial score (nSPS) is 28.7. The Morgan fingerprint density at radius 1 is 1.03 bits per heavy atom. The highest BCUT2D eigenvalue weighted by Crippen LogP contribution is 2.48. The van der Waals surface area contributed by atoms with Crippen LogP contribution in [0.25, 0.3) is 22.0 Å². The van der Waals surface area contributed by atoms with Crippen LogP contribution in [-0.2, 0) is 29.1 Å². The average Bonchev–Trinajstić information content (AvgIpc) is 4.14. The SMILES string of the molecule is COc1ccc2c(O[C@@H]3C[C@H]4C(=O)N[C@]5(C(=O)NS(=O)(=O)C6(C)CC6)C[C@H]5C=CCC[C@H](C)C[C@@H](C)[C@H](NC(=O)O)C(=O)N4C3)nc(-c3ccc(N4CCOCC4)cc3)cc2c1. The molecule has 4 fully saturated rings. The molecule has 62 heavy (non-hydrogen) atoms. The molecule has 2 saturated carbocycles. The van der Waals surface area contributed by atoms with Crippen molar-refractivity contribution in [1.82, 2.24) is 25.2 Å². The standard InChI is InChI=1S/C45H56N6O10S/c1-27-7-5-6-8-31-25-45(31,42(54)49-62(57,58)44(3)15-16-44)48-39(52)37-24-34(26-51(37)41(53)38(28(2)21-27)47-43(55)56)61-40-35-14-13-33(59-4)22-30(35)23-36(46-40)29-9-11-32(12-10-29)50-17-19-60-20-18-50/h6,8-14,22-23,27-28,31,34,37-38,47H,5,7,15-21,24-26H2,1-4H3,(H,48,52)(H,49,54)(H,55,56)/t27-,28+,31+,34+,37-,38-,45+/m0/s1. The fraction of sp³-hybridized carbons (Fsp3) is 0.533. The number of carbonyl (C=O) groups excluding carboxylic acids is 3. The maximum absolute atomic E-state index is 14.7. The first-order valence-electron chi connectivity index (χ1n) is 21.5. The number of morpholine rings is 1. The molecule has 3 aromatic rings. The Morgan fingerprint density at radius 3 is 2.47 bits per heavy atom. The van der Waals surface area contributed by atoms with Crippen molar-refractivity contribution in [3.05, 3.63) is 60.7 Å². The van der Waals surface area contributed by atoms with Gasteiger partial charge in [0, 0.05) is 42.1 Å². The maximum Gasteiger partial charge on any atom is 0.405 e. The first-order valence-corrected chi connectivity index (χ1v) is 23.0. The van der Waals surface area contributed by atoms with Gasteiger partial charge < -0.3 is 39.8 Å². The number of benzene rings is 2. The molecule has 5 aliphatic rings. The number of pyridine rings is 1. The minimum absolute atomic E-state index is 0.0193. The van der Waals surface area contributed by atoms with Crippen molar-refractivity contribution >= 4 is 50.3 Å². The Bertz CT molecular complexity index is 2370. The number of carboxylic acid groups (broad SMARTS) is 1. The summed E-state index contributed by atoms with van der Waals surface area (Å²) in [7, 11) is -2.45. The number of anilines is 1. The molecule has 4 N–H and O–H groups in total. The molecule has 0 unspecified atom stereocenters. The van der Waals surface area contributed by atoms with Gasteiger partial charge in [-0.05, 0) is 99.1 Å². The largest absolute Gasteiger partial charge is 0.497 e. The summed E-state index contributed by atoms with van der Waals surface area (Å²) in [5.41, 5.74) is 0.963. The second-order valence-electron chi connectivity index (χ2n) is 17.9. The Labute approximate surface area is 361 Å². The van der Waals surface area contributed by atoms with E-state index in [9.17, 15) is 32.7 Å². The van der Waals surface area contributed by atoms with Crippen LogP contribution in [0.1, 0.15) is 65.7 Å². The number of aromatic nitrogens is 1. The predicted octanol–water partition coefficient (Wildman–Crippen LogP) is 4.62. The van der Waals surface area contributed by atoms with Gasteiger partial charge in [-0.2, -0.15) is 0 Å². The zero-order chi connectivity index (χ0) is 44.0. The highest BCUT2D eigenvalue weighted by molar-refractivity contribution is 7.91. The minimum Gasteiger partial charge on any atom is -0.497 e. The third-order valence-corrected chi connectivity index (χ3v) is 15.5. The first-order chi connectivity index (χ1) is 29.6. The maximum atomic E-state index is 14.7. The topological polar surface area (TPSA) is 206 Å². The van der Waals surface area contributed by atoms with E-state index < -0.39 is 74.1 Å². The van der Waals surface area contributed by atoms with Crippen molar-refractivity contribution < 1.29 is 46.9 Å². The van der Waals surface area contributed by atoms with Gasteiger partial charge in [-0.15, -0.1) is 0 Å². The zero-order valence-electron chi connectivity index (χ0n) is 35.6. The number of fused-ring (bicyclic) bond motifs is 3. The monoisotopic (exact) mass is 872 g/mol. The van der Waals surface area contributed by atoms with Gasteiger partial charge in [0.25, 0.3) is 5.91 Å². The van der Waals surface area contributed by atoms with Gasteiger partial charge in [-0.3, -0.25) is 19.1 Å². The van der Waals surface area contributed by atoms with Crippen molar-refractivity contribution in [3.63, 3.8) is 0 Å². The second-order valence-corrected chi connectivity index (χ2v) is 20.1. The molecule has 17 heteroatoms. The number of sulfonamides is 1. The van der Waals surface area contributed by atoms with Gasteiger partial charge in [-0.25, -0.2) is 18.2 Å². The summed E-state index contributed by atoms with van der Waals surface area (Å²) in [5, 5.41) is 16.7. The van der Waals surface area contributed by atoms with Crippen LogP contribution in [0.4, 0.5) is 10.5 Å². The summed E-state index contributed by atoms with van der Waals surface area (Å²) >= 11 is 0. The number of hydrogen-bond acceptors (Lipinski definition) is 11. The number of rotatable bonds is 9. The van der Waals surface area contributed by atoms with Gasteiger partial charge in [0.2, 0.25) is 27.7 Å². The van der Waals surface area contributed by atoms with Gasteiger partial charge in [-0.1, -0.05) is 38.1 Å². The molecule has 2 aliphatic carbocycles. The van der Waals surface area contributed by atoms with E-state index in [4.69, 9.17) is 19.2 Å². The molecule has 7 atom stereocenters. The Kier molecular flexibility index (Phi) is 11.9. The molecule has 4 heterocycles. The fourth-order valence-corrected chi connectivity index (χ4v) is 10.4. The first kappa shape index (κ1) is 43.2. The molecule has 2 saturated heterocycles. The number of hydrogen-bond donors (Lipinski definition) is 4. The molecule has 4 amide bonds. The van der Waals surface area contributed by atoms with Crippen LogP contribution >= 0.6 is 0 Å². The molecule has 16 nitrogen and oxygen atoms in total. The molecule has 2 aromatic carbocycles. The highest BCUT2D eigenvalue weighted by Gasteiger charge is 2.63. The Balaban J connectivity index is 1.13. The molecular formula is C45H56N6O10S. The van der Waals surface area contributed by atoms with Crippen molar-refractivity contribution in [2.75, 3.05) is 44.9 Å². The predicted molar refractivity (Wildman–Crippen MR) is 231 cm³/mol. The molecule has 0 spiro atoms. The van der Waals surface area contributed by atoms with Gasteiger partial charge >= 0.3 is 6.09 Å². The number of ether oxygens (including phenoxy) is 3. The molecule has 0 radical (unpaired) electrons. The summed E-state index contributed by atoms with van der Waals surface area (Å²) in [5.74, 6) is -2.01. The van der Waals surface area contributed by atoms with Crippen LogP contribution in [0.2, 0.25) is 0 Å². The van der Waals surface area contributed by atoms with E-state index in [1.165, 1.54) is 4.90 Å². The van der Waals surface area contributed by atoms with E-state index >= 15 is 0 Å². The Morgan fingerprint density at radius 2 is 1.77 bits per heavy atom. The van der Waals surface area contributed by atoms with E-state index in [1.54, 1.807) is 20.1 Å². The number of nitrogens with zero attached hydrogens (tertiary/aromatic N) is 3. The van der Waals surface area contributed by atoms with E-state index in [0.29, 0.717) is 55.7 Å². The zero-order valence-corrected chi connectivity index (χ0v) is 36.4. The van der Waals surface area contributed by atoms with E-state index in [1.807, 2.05) is 68.5 Å². The molecule has 332 valence electrons. The van der Waals surface area contributed by atoms with Crippen molar-refractivity contribution in [2.24, 2.45) is 17.8 Å². The van der Waals surface area contributed by atoms with Crippen LogP contribution in [-0.4, -0.2) is 116 Å². The van der Waals surface area contributed by atoms with Gasteiger partial charge in [0.15, 0.2) is 0 Å². The van der Waals surface area contributed by atoms with Crippen LogP contribution in [0.3, 0.4) is 0 Å². The molecule has 8 rings (SSSR count). The lowest BCUT2D eigenvalue weighted by Gasteiger charge is -2.32. The minimum atomic E-state index is -4.03. The molecule has 1 aromatic heterocycles. The number of amides is 4. The van der Waals surface area contributed by atoms with Crippen LogP contribution in [0.15, 0.2) is 60.7 Å². The van der Waals surface area contributed by atoms with Crippen molar-refractivity contribution in [1.29, 1.82) is 0 Å². The van der Waals surface area contributed by atoms with Crippen LogP contribution in [0.5, 0.6) is 11.6 Å². The van der Waals surface area contributed by atoms with Crippen molar-refractivity contribution in [3.8, 4) is 22.9 Å². The summed E-state index contributed by atoms with van der Waals surface area (Å²) in [6.45, 7) is 8.26. The summed E-state index contributed by atoms with van der Waals surface area (Å²) in [4.78, 5) is 64.1. The van der Waals surface area contributed by atoms with E-state index in [-0.39, 0.29) is 31.2 Å². The summed E-state index contributed by atoms with van der Waals surface area (Å²) < 4.78 is 45.5. The fourth-order valence-electron chi connectivity index (χ4n) is 9.12. The molecule has 3 aliphatic heterocycles. The second kappa shape index (κ2) is 17.0. The third kappa shape index (κ3) is 8.78. The smallest absolute Gasteiger partial charge is 0.405 e. The third-order valence-electron chi connectivity index (χ3n) is 13.3. The quantitative estimate of drug-likeness (QED) is 0.218. The van der Waals surface area contributed by atoms with E-state index in [2.05, 4.69) is 20.3 Å². The lowest BCUT2D eigenvalue weighted by Crippen LogP contribution is -2.59. The Hall–Kier alpha value is -5.42. The van der Waals surface area contributed by atoms with Gasteiger partial charge in [0.1, 0.15) is 29.5 Å². The number of carbonyl (C=O) groups is 4. The number of nitrogens with one attached hydrogen (secondary N) is 3. The highest BCUT2D eigenvalue weighted by atomic mass is 32.2.